The largest absolute Gasteiger partial charge is 0.396 e. The molecule has 0 saturated heterocycles. The number of rotatable bonds is 7. The number of pyridine rings is 1. The van der Waals surface area contributed by atoms with Gasteiger partial charge in [0.1, 0.15) is 5.03 Å². The summed E-state index contributed by atoms with van der Waals surface area (Å²) in [6.45, 7) is 3.21. The molecule has 0 radical (unpaired) electrons. The van der Waals surface area contributed by atoms with Gasteiger partial charge in [-0.1, -0.05) is 13.0 Å². The van der Waals surface area contributed by atoms with Gasteiger partial charge in [0.15, 0.2) is 0 Å². The van der Waals surface area contributed by atoms with Crippen LogP contribution in [0.5, 0.6) is 0 Å². The molecule has 0 amide bonds. The predicted molar refractivity (Wildman–Crippen MR) is 71.1 cm³/mol. The van der Waals surface area contributed by atoms with Gasteiger partial charge in [-0.3, -0.25) is 0 Å². The average molecular weight is 252 g/mol. The van der Waals surface area contributed by atoms with Crippen LogP contribution in [0.15, 0.2) is 23.4 Å². The molecule has 1 atom stereocenters. The second kappa shape index (κ2) is 6.38. The third-order valence-electron chi connectivity index (χ3n) is 2.82. The summed E-state index contributed by atoms with van der Waals surface area (Å²) in [5.41, 5.74) is 1.27. The minimum atomic E-state index is 0.246. The lowest BCUT2D eigenvalue weighted by molar-refractivity contribution is 0.250. The Bertz CT molecular complexity index is 355. The van der Waals surface area contributed by atoms with Crippen LogP contribution in [0.1, 0.15) is 25.3 Å². The van der Waals surface area contributed by atoms with Crippen molar-refractivity contribution in [1.29, 1.82) is 0 Å². The van der Waals surface area contributed by atoms with Crippen LogP contribution in [0.3, 0.4) is 0 Å². The SMILES string of the molecule is CC(CO)CSc1ncccc1CNC1CC1. The van der Waals surface area contributed by atoms with E-state index < -0.39 is 0 Å². The normalized spacial score (nSPS) is 17.1. The topological polar surface area (TPSA) is 45.2 Å². The summed E-state index contributed by atoms with van der Waals surface area (Å²) >= 11 is 1.74. The van der Waals surface area contributed by atoms with Gasteiger partial charge in [0.05, 0.1) is 0 Å². The van der Waals surface area contributed by atoms with Crippen LogP contribution in [0.25, 0.3) is 0 Å². The first-order chi connectivity index (χ1) is 8.29. The minimum Gasteiger partial charge on any atom is -0.396 e. The van der Waals surface area contributed by atoms with Crippen molar-refractivity contribution in [1.82, 2.24) is 10.3 Å². The van der Waals surface area contributed by atoms with E-state index in [-0.39, 0.29) is 6.61 Å². The van der Waals surface area contributed by atoms with Crippen molar-refractivity contribution in [3.05, 3.63) is 23.9 Å². The third-order valence-corrected chi connectivity index (χ3v) is 4.20. The maximum Gasteiger partial charge on any atom is 0.100 e. The molecule has 1 unspecified atom stereocenters. The van der Waals surface area contributed by atoms with Crippen LogP contribution in [0.4, 0.5) is 0 Å². The Hall–Kier alpha value is -0.580. The summed E-state index contributed by atoms with van der Waals surface area (Å²) in [5, 5.41) is 13.6. The molecule has 0 bridgehead atoms. The Labute approximate surface area is 107 Å². The van der Waals surface area contributed by atoms with E-state index in [2.05, 4.69) is 23.3 Å². The highest BCUT2D eigenvalue weighted by molar-refractivity contribution is 7.99. The molecule has 1 aromatic heterocycles. The fourth-order valence-corrected chi connectivity index (χ4v) is 2.51. The number of hydrogen-bond donors (Lipinski definition) is 2. The lowest BCUT2D eigenvalue weighted by atomic mass is 10.2. The quantitative estimate of drug-likeness (QED) is 0.729. The van der Waals surface area contributed by atoms with Crippen LogP contribution in [-0.4, -0.2) is 28.5 Å². The van der Waals surface area contributed by atoms with E-state index in [0.717, 1.165) is 23.4 Å². The van der Waals surface area contributed by atoms with Crippen molar-refractivity contribution >= 4 is 11.8 Å². The van der Waals surface area contributed by atoms with Crippen LogP contribution >= 0.6 is 11.8 Å². The second-order valence-electron chi connectivity index (χ2n) is 4.72. The van der Waals surface area contributed by atoms with Gasteiger partial charge in [0, 0.05) is 31.1 Å². The highest BCUT2D eigenvalue weighted by Crippen LogP contribution is 2.24. The number of hydrogen-bond acceptors (Lipinski definition) is 4. The monoisotopic (exact) mass is 252 g/mol. The van der Waals surface area contributed by atoms with Crippen molar-refractivity contribution in [2.45, 2.75) is 37.4 Å². The van der Waals surface area contributed by atoms with E-state index >= 15 is 0 Å². The van der Waals surface area contributed by atoms with Crippen molar-refractivity contribution < 1.29 is 5.11 Å². The Morgan fingerprint density at radius 3 is 3.12 bits per heavy atom. The van der Waals surface area contributed by atoms with Crippen LogP contribution in [0.2, 0.25) is 0 Å². The Balaban J connectivity index is 1.89. The van der Waals surface area contributed by atoms with E-state index in [1.165, 1.54) is 18.4 Å². The Morgan fingerprint density at radius 1 is 1.59 bits per heavy atom. The summed E-state index contributed by atoms with van der Waals surface area (Å²) in [4.78, 5) is 4.42. The fraction of sp³-hybridized carbons (Fsp3) is 0.615. The second-order valence-corrected chi connectivity index (χ2v) is 5.73. The molecule has 2 N–H and O–H groups in total. The maximum absolute atomic E-state index is 9.02. The van der Waals surface area contributed by atoms with E-state index in [9.17, 15) is 0 Å². The summed E-state index contributed by atoms with van der Waals surface area (Å²) in [7, 11) is 0. The standard InChI is InChI=1S/C13H20N2OS/c1-10(8-16)9-17-13-11(3-2-6-14-13)7-15-12-4-5-12/h2-3,6,10,12,15-16H,4-5,7-9H2,1H3. The van der Waals surface area contributed by atoms with Crippen LogP contribution in [-0.2, 0) is 6.54 Å². The fourth-order valence-electron chi connectivity index (χ4n) is 1.50. The molecule has 1 fully saturated rings. The van der Waals surface area contributed by atoms with E-state index in [1.54, 1.807) is 11.8 Å². The molecule has 0 spiro atoms. The van der Waals surface area contributed by atoms with Gasteiger partial charge in [-0.25, -0.2) is 4.98 Å². The highest BCUT2D eigenvalue weighted by Gasteiger charge is 2.20. The first-order valence-electron chi connectivity index (χ1n) is 6.20. The van der Waals surface area contributed by atoms with Gasteiger partial charge >= 0.3 is 0 Å². The molecule has 1 aliphatic rings. The van der Waals surface area contributed by atoms with Gasteiger partial charge in [0.25, 0.3) is 0 Å². The maximum atomic E-state index is 9.02. The molecule has 0 aromatic carbocycles. The van der Waals surface area contributed by atoms with Gasteiger partial charge in [-0.05, 0) is 30.4 Å². The van der Waals surface area contributed by atoms with E-state index in [0.29, 0.717) is 5.92 Å². The third kappa shape index (κ3) is 4.30. The number of aromatic nitrogens is 1. The first-order valence-corrected chi connectivity index (χ1v) is 7.19. The number of nitrogens with one attached hydrogen (secondary N) is 1. The molecule has 3 nitrogen and oxygen atoms in total. The first kappa shape index (κ1) is 12.9. The zero-order valence-electron chi connectivity index (χ0n) is 10.2. The summed E-state index contributed by atoms with van der Waals surface area (Å²) < 4.78 is 0. The summed E-state index contributed by atoms with van der Waals surface area (Å²) in [6, 6.07) is 4.85. The molecule has 94 valence electrons. The molecule has 1 aromatic rings. The summed E-state index contributed by atoms with van der Waals surface area (Å²) in [5.74, 6) is 1.25. The number of aliphatic hydroxyl groups excluding tert-OH is 1. The van der Waals surface area contributed by atoms with Crippen molar-refractivity contribution in [2.24, 2.45) is 5.92 Å². The summed E-state index contributed by atoms with van der Waals surface area (Å²) in [6.07, 6.45) is 4.46. The molecule has 1 aliphatic carbocycles. The lowest BCUT2D eigenvalue weighted by Crippen LogP contribution is -2.16. The molecular formula is C13H20N2OS. The Morgan fingerprint density at radius 2 is 2.41 bits per heavy atom. The van der Waals surface area contributed by atoms with Crippen molar-refractivity contribution in [3.63, 3.8) is 0 Å². The van der Waals surface area contributed by atoms with E-state index in [4.69, 9.17) is 5.11 Å². The Kier molecular flexibility index (Phi) is 4.83. The molecule has 2 rings (SSSR count). The number of aliphatic hydroxyl groups is 1. The molecule has 1 saturated carbocycles. The van der Waals surface area contributed by atoms with Crippen molar-refractivity contribution in [2.75, 3.05) is 12.4 Å². The van der Waals surface area contributed by atoms with Gasteiger partial charge in [-0.2, -0.15) is 0 Å². The van der Waals surface area contributed by atoms with E-state index in [1.807, 2.05) is 12.3 Å². The zero-order chi connectivity index (χ0) is 12.1. The van der Waals surface area contributed by atoms with Crippen LogP contribution in [0, 0.1) is 5.92 Å². The number of thioether (sulfide) groups is 1. The van der Waals surface area contributed by atoms with Gasteiger partial charge in [0.2, 0.25) is 0 Å². The van der Waals surface area contributed by atoms with Crippen molar-refractivity contribution in [3.8, 4) is 0 Å². The zero-order valence-corrected chi connectivity index (χ0v) is 11.0. The van der Waals surface area contributed by atoms with Gasteiger partial charge < -0.3 is 10.4 Å². The van der Waals surface area contributed by atoms with Crippen LogP contribution < -0.4 is 5.32 Å². The molecular weight excluding hydrogens is 232 g/mol. The molecule has 1 heterocycles. The van der Waals surface area contributed by atoms with Gasteiger partial charge in [-0.15, -0.1) is 11.8 Å². The molecule has 4 heteroatoms. The number of nitrogens with zero attached hydrogens (tertiary/aromatic N) is 1. The highest BCUT2D eigenvalue weighted by atomic mass is 32.2. The predicted octanol–water partition coefficient (Wildman–Crippen LogP) is 2.05. The smallest absolute Gasteiger partial charge is 0.100 e. The lowest BCUT2D eigenvalue weighted by Gasteiger charge is -2.11. The molecule has 17 heavy (non-hydrogen) atoms. The average Bonchev–Trinajstić information content (AvgIpc) is 3.18. The molecule has 0 aliphatic heterocycles. The minimum absolute atomic E-state index is 0.246.